The van der Waals surface area contributed by atoms with Crippen LogP contribution < -0.4 is 0 Å². The fraction of sp³-hybridized carbons (Fsp3) is 0.400. The minimum Gasteiger partial charge on any atom is -0.374 e. The Morgan fingerprint density at radius 1 is 1.25 bits per heavy atom. The second-order valence-corrected chi connectivity index (χ2v) is 3.32. The van der Waals surface area contributed by atoms with Crippen LogP contribution in [0.4, 0.5) is 4.39 Å². The topological polar surface area (TPSA) is 9.23 Å². The molecule has 0 aliphatic carbocycles. The van der Waals surface area contributed by atoms with Gasteiger partial charge in [0.1, 0.15) is 0 Å². The van der Waals surface area contributed by atoms with Crippen molar-refractivity contribution >= 4 is 0 Å². The van der Waals surface area contributed by atoms with Crippen LogP contribution in [-0.4, -0.2) is 13.2 Å². The average molecular weight is 166 g/mol. The molecule has 1 aromatic carbocycles. The van der Waals surface area contributed by atoms with Crippen LogP contribution in [0.25, 0.3) is 0 Å². The summed E-state index contributed by atoms with van der Waals surface area (Å²) in [5.41, 5.74) is 0.676. The lowest BCUT2D eigenvalue weighted by atomic mass is 9.93. The third kappa shape index (κ3) is 1.12. The molecule has 1 heterocycles. The number of alkyl halides is 1. The first kappa shape index (κ1) is 7.74. The van der Waals surface area contributed by atoms with Crippen molar-refractivity contribution in [1.82, 2.24) is 0 Å². The fourth-order valence-corrected chi connectivity index (χ4v) is 1.30. The monoisotopic (exact) mass is 166 g/mol. The highest BCUT2D eigenvalue weighted by molar-refractivity contribution is 5.28. The standard InChI is InChI=1S/C10H11FO/c1-8-2-4-9(5-3-8)10(11)6-12-7-10/h2-5H,6-7H2,1H3. The molecule has 0 saturated carbocycles. The summed E-state index contributed by atoms with van der Waals surface area (Å²) in [6, 6.07) is 7.51. The first-order valence-corrected chi connectivity index (χ1v) is 4.04. The van der Waals surface area contributed by atoms with Crippen LogP contribution >= 0.6 is 0 Å². The van der Waals surface area contributed by atoms with E-state index in [2.05, 4.69) is 0 Å². The van der Waals surface area contributed by atoms with Gasteiger partial charge in [-0.05, 0) is 12.5 Å². The van der Waals surface area contributed by atoms with Crippen LogP contribution in [0.5, 0.6) is 0 Å². The van der Waals surface area contributed by atoms with E-state index in [0.29, 0.717) is 0 Å². The van der Waals surface area contributed by atoms with E-state index in [9.17, 15) is 4.39 Å². The van der Waals surface area contributed by atoms with Crippen LogP contribution in [0.3, 0.4) is 0 Å². The zero-order chi connectivity index (χ0) is 8.60. The van der Waals surface area contributed by atoms with Gasteiger partial charge in [0, 0.05) is 0 Å². The van der Waals surface area contributed by atoms with Gasteiger partial charge in [-0.15, -0.1) is 0 Å². The van der Waals surface area contributed by atoms with Crippen LogP contribution in [-0.2, 0) is 10.4 Å². The Balaban J connectivity index is 2.28. The van der Waals surface area contributed by atoms with Crippen LogP contribution in [0.1, 0.15) is 11.1 Å². The Labute approximate surface area is 71.2 Å². The number of rotatable bonds is 1. The maximum atomic E-state index is 13.6. The maximum Gasteiger partial charge on any atom is 0.182 e. The Hall–Kier alpha value is -0.890. The second-order valence-electron chi connectivity index (χ2n) is 3.32. The Morgan fingerprint density at radius 2 is 1.83 bits per heavy atom. The largest absolute Gasteiger partial charge is 0.374 e. The molecule has 64 valence electrons. The van der Waals surface area contributed by atoms with Gasteiger partial charge in [-0.3, -0.25) is 0 Å². The minimum absolute atomic E-state index is 0.204. The molecule has 0 amide bonds. The molecule has 1 fully saturated rings. The Kier molecular flexibility index (Phi) is 1.65. The number of hydrogen-bond acceptors (Lipinski definition) is 1. The van der Waals surface area contributed by atoms with Gasteiger partial charge in [0.2, 0.25) is 0 Å². The van der Waals surface area contributed by atoms with Crippen molar-refractivity contribution in [3.05, 3.63) is 35.4 Å². The number of aryl methyl sites for hydroxylation is 1. The van der Waals surface area contributed by atoms with E-state index in [-0.39, 0.29) is 13.2 Å². The molecule has 0 atom stereocenters. The molecular weight excluding hydrogens is 155 g/mol. The van der Waals surface area contributed by atoms with Gasteiger partial charge in [0.05, 0.1) is 13.2 Å². The van der Waals surface area contributed by atoms with Gasteiger partial charge in [-0.2, -0.15) is 0 Å². The zero-order valence-electron chi connectivity index (χ0n) is 7.01. The molecular formula is C10H11FO. The molecule has 1 aliphatic rings. The SMILES string of the molecule is Cc1ccc(C2(F)COC2)cc1. The van der Waals surface area contributed by atoms with E-state index in [4.69, 9.17) is 4.74 Å². The van der Waals surface area contributed by atoms with E-state index in [1.54, 1.807) is 0 Å². The molecule has 0 radical (unpaired) electrons. The van der Waals surface area contributed by atoms with Gasteiger partial charge in [-0.25, -0.2) is 4.39 Å². The van der Waals surface area contributed by atoms with E-state index >= 15 is 0 Å². The summed E-state index contributed by atoms with van der Waals surface area (Å²) in [7, 11) is 0. The van der Waals surface area contributed by atoms with Gasteiger partial charge in [-0.1, -0.05) is 29.8 Å². The normalized spacial score (nSPS) is 20.2. The Bertz CT molecular complexity index is 274. The Morgan fingerprint density at radius 3 is 2.25 bits per heavy atom. The van der Waals surface area contributed by atoms with Crippen molar-refractivity contribution in [1.29, 1.82) is 0 Å². The predicted molar refractivity (Wildman–Crippen MR) is 44.8 cm³/mol. The number of halogens is 1. The molecule has 1 saturated heterocycles. The number of ether oxygens (including phenoxy) is 1. The highest BCUT2D eigenvalue weighted by Gasteiger charge is 2.40. The lowest BCUT2D eigenvalue weighted by Crippen LogP contribution is -2.42. The highest BCUT2D eigenvalue weighted by atomic mass is 19.1. The molecule has 12 heavy (non-hydrogen) atoms. The van der Waals surface area contributed by atoms with Gasteiger partial charge < -0.3 is 4.74 Å². The minimum atomic E-state index is -1.21. The summed E-state index contributed by atoms with van der Waals surface area (Å²) in [6.07, 6.45) is 0. The molecule has 0 unspecified atom stereocenters. The van der Waals surface area contributed by atoms with Crippen LogP contribution in [0.2, 0.25) is 0 Å². The predicted octanol–water partition coefficient (Wildman–Crippen LogP) is 2.19. The summed E-state index contributed by atoms with van der Waals surface area (Å²) >= 11 is 0. The number of benzene rings is 1. The molecule has 1 aromatic rings. The van der Waals surface area contributed by atoms with Gasteiger partial charge >= 0.3 is 0 Å². The summed E-state index contributed by atoms with van der Waals surface area (Å²) in [6.45, 7) is 2.40. The van der Waals surface area contributed by atoms with E-state index in [1.807, 2.05) is 31.2 Å². The number of hydrogen-bond donors (Lipinski definition) is 0. The van der Waals surface area contributed by atoms with Gasteiger partial charge in [0.15, 0.2) is 5.67 Å². The quantitative estimate of drug-likeness (QED) is 0.621. The molecule has 1 aliphatic heterocycles. The third-order valence-electron chi connectivity index (χ3n) is 2.23. The van der Waals surface area contributed by atoms with E-state index in [0.717, 1.165) is 11.1 Å². The first-order chi connectivity index (χ1) is 5.71. The summed E-state index contributed by atoms with van der Waals surface area (Å²) in [4.78, 5) is 0. The van der Waals surface area contributed by atoms with Crippen molar-refractivity contribution in [2.45, 2.75) is 12.6 Å². The molecule has 1 nitrogen and oxygen atoms in total. The molecule has 0 bridgehead atoms. The molecule has 0 aromatic heterocycles. The maximum absolute atomic E-state index is 13.6. The molecule has 0 spiro atoms. The fourth-order valence-electron chi connectivity index (χ4n) is 1.30. The van der Waals surface area contributed by atoms with Crippen molar-refractivity contribution in [3.63, 3.8) is 0 Å². The van der Waals surface area contributed by atoms with E-state index < -0.39 is 5.67 Å². The summed E-state index contributed by atoms with van der Waals surface area (Å²) in [5, 5.41) is 0. The molecule has 0 N–H and O–H groups in total. The van der Waals surface area contributed by atoms with Crippen molar-refractivity contribution in [3.8, 4) is 0 Å². The lowest BCUT2D eigenvalue weighted by Gasteiger charge is -2.34. The molecule has 2 rings (SSSR count). The average Bonchev–Trinajstić information content (AvgIpc) is 2.02. The first-order valence-electron chi connectivity index (χ1n) is 4.04. The lowest BCUT2D eigenvalue weighted by molar-refractivity contribution is -0.135. The van der Waals surface area contributed by atoms with Crippen molar-refractivity contribution in [2.24, 2.45) is 0 Å². The van der Waals surface area contributed by atoms with Crippen molar-refractivity contribution in [2.75, 3.05) is 13.2 Å². The van der Waals surface area contributed by atoms with Gasteiger partial charge in [0.25, 0.3) is 0 Å². The summed E-state index contributed by atoms with van der Waals surface area (Å²) < 4.78 is 18.5. The van der Waals surface area contributed by atoms with Crippen LogP contribution in [0, 0.1) is 6.92 Å². The summed E-state index contributed by atoms with van der Waals surface area (Å²) in [5.74, 6) is 0. The third-order valence-corrected chi connectivity index (χ3v) is 2.23. The van der Waals surface area contributed by atoms with E-state index in [1.165, 1.54) is 0 Å². The second kappa shape index (κ2) is 2.56. The highest BCUT2D eigenvalue weighted by Crippen LogP contribution is 2.33. The smallest absolute Gasteiger partial charge is 0.182 e. The van der Waals surface area contributed by atoms with Crippen LogP contribution in [0.15, 0.2) is 24.3 Å². The van der Waals surface area contributed by atoms with Crippen molar-refractivity contribution < 1.29 is 9.13 Å². The zero-order valence-corrected chi connectivity index (χ0v) is 7.01. The molecule has 2 heteroatoms.